The van der Waals surface area contributed by atoms with E-state index in [2.05, 4.69) is 404 Å². The molecular formula is C108H74N6. The summed E-state index contributed by atoms with van der Waals surface area (Å²) in [6.45, 7) is 0. The van der Waals surface area contributed by atoms with Crippen molar-refractivity contribution in [1.82, 2.24) is 18.3 Å². The van der Waals surface area contributed by atoms with Crippen LogP contribution < -0.4 is 9.80 Å². The van der Waals surface area contributed by atoms with Gasteiger partial charge in [0.1, 0.15) is 0 Å². The molecule has 114 heavy (non-hydrogen) atoms. The number of hydrogen-bond acceptors (Lipinski definition) is 2. The molecule has 0 amide bonds. The van der Waals surface area contributed by atoms with Gasteiger partial charge in [-0.05, 0) is 284 Å². The first-order valence-electron chi connectivity index (χ1n) is 40.5. The Balaban J connectivity index is 0.655. The van der Waals surface area contributed by atoms with Crippen molar-refractivity contribution in [2.75, 3.05) is 9.80 Å². The first-order valence-corrected chi connectivity index (χ1v) is 40.5. The van der Waals surface area contributed by atoms with Crippen molar-refractivity contribution in [2.24, 2.45) is 11.8 Å². The van der Waals surface area contributed by atoms with E-state index in [4.69, 9.17) is 0 Å². The first kappa shape index (κ1) is 63.6. The molecular weight excluding hydrogens is 1380 g/mol. The Morgan fingerprint density at radius 2 is 0.561 bits per heavy atom. The van der Waals surface area contributed by atoms with Crippen LogP contribution in [0, 0.1) is 11.8 Å². The topological polar surface area (TPSA) is 26.2 Å². The van der Waals surface area contributed by atoms with Crippen molar-refractivity contribution < 1.29 is 0 Å². The Kier molecular flexibility index (Phi) is 13.7. The van der Waals surface area contributed by atoms with E-state index < -0.39 is 0 Å². The van der Waals surface area contributed by atoms with Gasteiger partial charge >= 0.3 is 0 Å². The summed E-state index contributed by atoms with van der Waals surface area (Å²) >= 11 is 0. The highest BCUT2D eigenvalue weighted by atomic mass is 15.2. The largest absolute Gasteiger partial charge is 0.334 e. The molecule has 0 N–H and O–H groups in total. The summed E-state index contributed by atoms with van der Waals surface area (Å²) in [7, 11) is 0. The second-order valence-corrected chi connectivity index (χ2v) is 32.1. The van der Waals surface area contributed by atoms with Gasteiger partial charge in [0, 0.05) is 100 Å². The Hall–Kier alpha value is -14.2. The molecule has 6 nitrogen and oxygen atoms in total. The smallest absolute Gasteiger partial charge is 0.0632 e. The van der Waals surface area contributed by atoms with Crippen LogP contribution in [0.2, 0.25) is 0 Å². The third-order valence-corrected chi connectivity index (χ3v) is 26.1. The summed E-state index contributed by atoms with van der Waals surface area (Å²) in [5.41, 5.74) is 27.1. The number of rotatable bonds is 8. The number of para-hydroxylation sites is 3. The Bertz CT molecular complexity index is 7420. The number of hydrogen-bond donors (Lipinski definition) is 0. The number of allylic oxidation sites excluding steroid dienone is 8. The highest BCUT2D eigenvalue weighted by Gasteiger charge is 2.41. The molecule has 0 saturated heterocycles. The lowest BCUT2D eigenvalue weighted by atomic mass is 9.84. The SMILES string of the molecule is C1=CC2C3=C(C=CCC3)N(c3ccc(-c4ccc(N5C6=C(CCC=C6)C6C=CC(c7cccc(-n8c9ccc%10cc9c9cc(ccc98)c8ccc9c(c8)c8cc(ccc8n9-c8ccccc8)c8ccc9c(c8)c8cc(ccc8n9-c8ccccc8)c8ccc9c(c8)c8cc%10ccc8n9-c8ccccc8)c7)=CC65)cc4)cc3)C2C=C1. The molecule has 0 spiro atoms. The Morgan fingerprint density at radius 1 is 0.237 bits per heavy atom. The molecule has 25 rings (SSSR count). The summed E-state index contributed by atoms with van der Waals surface area (Å²) in [5, 5.41) is 19.1. The molecule has 0 saturated carbocycles. The fourth-order valence-electron chi connectivity index (χ4n) is 20.8. The average molecular weight is 1460 g/mol. The lowest BCUT2D eigenvalue weighted by Crippen LogP contribution is -2.33. The van der Waals surface area contributed by atoms with Gasteiger partial charge in [0.25, 0.3) is 0 Å². The second-order valence-electron chi connectivity index (χ2n) is 32.1. The fourth-order valence-corrected chi connectivity index (χ4v) is 20.8. The number of fused-ring (bicyclic) bond motifs is 16. The van der Waals surface area contributed by atoms with Crippen molar-refractivity contribution in [2.45, 2.75) is 37.8 Å². The van der Waals surface area contributed by atoms with E-state index in [1.54, 1.807) is 5.57 Å². The third kappa shape index (κ3) is 9.55. The summed E-state index contributed by atoms with van der Waals surface area (Å²) < 4.78 is 9.85. The van der Waals surface area contributed by atoms with Gasteiger partial charge < -0.3 is 28.1 Å². The normalized spacial score (nSPS) is 17.8. The van der Waals surface area contributed by atoms with Crippen molar-refractivity contribution in [1.29, 1.82) is 0 Å². The van der Waals surface area contributed by atoms with E-state index in [1.807, 2.05) is 0 Å². The maximum atomic E-state index is 2.63. The first-order chi connectivity index (χ1) is 56.5. The van der Waals surface area contributed by atoms with Crippen LogP contribution in [0.1, 0.15) is 31.2 Å². The number of aromatic nitrogens is 4. The van der Waals surface area contributed by atoms with E-state index in [9.17, 15) is 0 Å². The molecule has 0 fully saturated rings. The monoisotopic (exact) mass is 1450 g/mol. The molecule has 6 aliphatic rings. The maximum absolute atomic E-state index is 2.63. The molecule has 2 aliphatic heterocycles. The molecule has 4 unspecified atom stereocenters. The van der Waals surface area contributed by atoms with Crippen molar-refractivity contribution in [3.8, 4) is 33.9 Å². The molecule has 16 bridgehead atoms. The zero-order valence-electron chi connectivity index (χ0n) is 62.6. The van der Waals surface area contributed by atoms with Gasteiger partial charge in [-0.15, -0.1) is 0 Å². The molecule has 15 aromatic carbocycles. The van der Waals surface area contributed by atoms with Gasteiger partial charge in [0.2, 0.25) is 0 Å². The molecule has 0 radical (unpaired) electrons. The van der Waals surface area contributed by atoms with Gasteiger partial charge in [-0.2, -0.15) is 0 Å². The van der Waals surface area contributed by atoms with Gasteiger partial charge in [-0.25, -0.2) is 0 Å². The summed E-state index contributed by atoms with van der Waals surface area (Å²) in [5.74, 6) is 0.724. The molecule has 536 valence electrons. The van der Waals surface area contributed by atoms with E-state index in [1.165, 1.54) is 170 Å². The van der Waals surface area contributed by atoms with Crippen molar-refractivity contribution in [3.05, 3.63) is 404 Å². The summed E-state index contributed by atoms with van der Waals surface area (Å²) in [4.78, 5) is 5.19. The van der Waals surface area contributed by atoms with Crippen LogP contribution in [0.3, 0.4) is 0 Å². The minimum atomic E-state index is 0.123. The zero-order chi connectivity index (χ0) is 74.4. The van der Waals surface area contributed by atoms with Crippen LogP contribution in [0.4, 0.5) is 11.4 Å². The minimum absolute atomic E-state index is 0.123. The van der Waals surface area contributed by atoms with Crippen LogP contribution in [0.25, 0.3) is 170 Å². The van der Waals surface area contributed by atoms with Gasteiger partial charge in [-0.1, -0.05) is 194 Å². The minimum Gasteiger partial charge on any atom is -0.334 e. The van der Waals surface area contributed by atoms with Crippen LogP contribution >= 0.6 is 0 Å². The van der Waals surface area contributed by atoms with Crippen molar-refractivity contribution in [3.63, 3.8) is 0 Å². The van der Waals surface area contributed by atoms with Crippen molar-refractivity contribution >= 4 is 147 Å². The second kappa shape index (κ2) is 24.6. The Morgan fingerprint density at radius 3 is 0.930 bits per heavy atom. The Labute approximate surface area is 658 Å². The fraction of sp³-hybridized carbons (Fsp3) is 0.0741. The molecule has 4 aromatic heterocycles. The van der Waals surface area contributed by atoms with Gasteiger partial charge in [-0.3, -0.25) is 0 Å². The van der Waals surface area contributed by atoms with E-state index in [0.29, 0.717) is 12.0 Å². The van der Waals surface area contributed by atoms with Crippen LogP contribution in [0.15, 0.2) is 399 Å². The number of anilines is 2. The zero-order valence-corrected chi connectivity index (χ0v) is 62.6. The third-order valence-electron chi connectivity index (χ3n) is 26.1. The predicted molar refractivity (Wildman–Crippen MR) is 480 cm³/mol. The summed E-state index contributed by atoms with van der Waals surface area (Å²) in [6.07, 6.45) is 30.6. The lowest BCUT2D eigenvalue weighted by molar-refractivity contribution is 0.658. The maximum Gasteiger partial charge on any atom is 0.0632 e. The highest BCUT2D eigenvalue weighted by Crippen LogP contribution is 2.50. The van der Waals surface area contributed by atoms with Crippen LogP contribution in [-0.4, -0.2) is 30.4 Å². The van der Waals surface area contributed by atoms with E-state index in [-0.39, 0.29) is 12.0 Å². The van der Waals surface area contributed by atoms with E-state index >= 15 is 0 Å². The molecule has 4 aliphatic carbocycles. The average Bonchev–Trinajstić information content (AvgIpc) is 1.59. The number of benzene rings is 14. The molecule has 19 aromatic rings. The molecule has 4 atom stereocenters. The summed E-state index contributed by atoms with van der Waals surface area (Å²) in [6, 6.07) is 118. The number of nitrogens with zero attached hydrogens (tertiary/aromatic N) is 6. The van der Waals surface area contributed by atoms with Crippen LogP contribution in [-0.2, 0) is 0 Å². The van der Waals surface area contributed by atoms with Crippen LogP contribution in [0.5, 0.6) is 0 Å². The molecule has 6 heteroatoms. The van der Waals surface area contributed by atoms with Gasteiger partial charge in [0.05, 0.1) is 56.2 Å². The lowest BCUT2D eigenvalue weighted by Gasteiger charge is -2.31. The highest BCUT2D eigenvalue weighted by molar-refractivity contribution is 6.20. The standard InChI is InChI=1S/C108H74N6/c1-4-18-79(19-5-1)109-100-49-36-70-58-89(100)90-59-71(37-50-101(90)109)73-39-52-103-92(61-73)94-63-75(41-54-105(94)111(103)81-22-8-3-9-23-81)77-43-56-107-96(65-77)95-64-76(74-40-53-104-93(62-74)91-60-72(70)38-51-102(91)110(104)80-20-6-2-7-21-80)42-55-106(95)114(107)84-24-16-17-69(57-84)78-35-48-88-87-27-12-15-30-99(87)113(108(88)66-78)83-46-33-68(34-47-83)67-31-44-82(45-32-67)112-97-28-13-10-25-85(97)86-26-11-14-29-98(86)112/h1-10,13-25,28-66,85,88,97,108H,11-12,26-27H2. The van der Waals surface area contributed by atoms with Gasteiger partial charge in [0.15, 0.2) is 0 Å². The predicted octanol–water partition coefficient (Wildman–Crippen LogP) is 27.5. The van der Waals surface area contributed by atoms with E-state index in [0.717, 1.165) is 59.5 Å². The quantitative estimate of drug-likeness (QED) is 0.152. The molecule has 6 heterocycles.